The zero-order valence-corrected chi connectivity index (χ0v) is 6.27. The lowest BCUT2D eigenvalue weighted by atomic mass is 10.5. The first kappa shape index (κ1) is 5.76. The Morgan fingerprint density at radius 3 is 2.67 bits per heavy atom. The molecule has 0 unspecified atom stereocenters. The minimum absolute atomic E-state index is 0.816. The van der Waals surface area contributed by atoms with E-state index >= 15 is 0 Å². The standard InChI is InChI=1S/C4H10OSi/c1-2-3-4-5-6/h3-4H,2H2,1,6H3. The molecule has 2 heteroatoms. The highest BCUT2D eigenvalue weighted by Crippen LogP contribution is 1.75. The molecule has 0 spiro atoms. The summed E-state index contributed by atoms with van der Waals surface area (Å²) in [6.45, 7) is 2.08. The Morgan fingerprint density at radius 2 is 2.50 bits per heavy atom. The van der Waals surface area contributed by atoms with Gasteiger partial charge in [-0.25, -0.2) is 0 Å². The highest BCUT2D eigenvalue weighted by atomic mass is 28.2. The van der Waals surface area contributed by atoms with Crippen molar-refractivity contribution in [2.75, 3.05) is 0 Å². The van der Waals surface area contributed by atoms with Gasteiger partial charge < -0.3 is 4.43 Å². The second-order valence-electron chi connectivity index (χ2n) is 1.02. The first-order valence-electron chi connectivity index (χ1n) is 2.09. The molecule has 0 rings (SSSR count). The van der Waals surface area contributed by atoms with E-state index < -0.39 is 0 Å². The summed E-state index contributed by atoms with van der Waals surface area (Å²) in [5, 5.41) is 0. The van der Waals surface area contributed by atoms with E-state index in [1.807, 2.05) is 6.08 Å². The minimum Gasteiger partial charge on any atom is -0.559 e. The third-order valence-electron chi connectivity index (χ3n) is 0.468. The zero-order chi connectivity index (χ0) is 4.83. The fourth-order valence-corrected chi connectivity index (χ4v) is 0.385. The quantitative estimate of drug-likeness (QED) is 0.358. The van der Waals surface area contributed by atoms with Crippen molar-refractivity contribution in [2.24, 2.45) is 0 Å². The fraction of sp³-hybridized carbons (Fsp3) is 0.500. The zero-order valence-electron chi connectivity index (χ0n) is 4.27. The van der Waals surface area contributed by atoms with E-state index in [0.29, 0.717) is 0 Å². The van der Waals surface area contributed by atoms with Gasteiger partial charge >= 0.3 is 0 Å². The maximum atomic E-state index is 4.74. The van der Waals surface area contributed by atoms with Gasteiger partial charge in [0.1, 0.15) is 0 Å². The smallest absolute Gasteiger partial charge is 0.203 e. The molecule has 0 aromatic rings. The van der Waals surface area contributed by atoms with Crippen molar-refractivity contribution in [1.29, 1.82) is 0 Å². The number of allylic oxidation sites excluding steroid dienone is 1. The Balaban J connectivity index is 2.73. The summed E-state index contributed by atoms with van der Waals surface area (Å²) >= 11 is 0. The lowest BCUT2D eigenvalue weighted by molar-refractivity contribution is 0.532. The average Bonchev–Trinajstić information content (AvgIpc) is 1.61. The van der Waals surface area contributed by atoms with E-state index in [-0.39, 0.29) is 0 Å². The third-order valence-corrected chi connectivity index (χ3v) is 0.740. The van der Waals surface area contributed by atoms with Gasteiger partial charge in [0, 0.05) is 0 Å². The molecule has 0 N–H and O–H groups in total. The SMILES string of the molecule is CCC=CO[SiH3]. The molecule has 0 atom stereocenters. The van der Waals surface area contributed by atoms with Crippen LogP contribution in [-0.2, 0) is 4.43 Å². The van der Waals surface area contributed by atoms with Gasteiger partial charge in [-0.1, -0.05) is 13.0 Å². The van der Waals surface area contributed by atoms with Gasteiger partial charge in [0.2, 0.25) is 10.5 Å². The van der Waals surface area contributed by atoms with Crippen LogP contribution >= 0.6 is 0 Å². The molecular formula is C4H10OSi. The largest absolute Gasteiger partial charge is 0.559 e. The average molecular weight is 102 g/mol. The molecule has 0 aliphatic carbocycles. The van der Waals surface area contributed by atoms with Crippen LogP contribution in [0.5, 0.6) is 0 Å². The molecule has 0 saturated carbocycles. The topological polar surface area (TPSA) is 9.23 Å². The lowest BCUT2D eigenvalue weighted by Crippen LogP contribution is -1.64. The van der Waals surface area contributed by atoms with Crippen molar-refractivity contribution in [3.8, 4) is 0 Å². The summed E-state index contributed by atoms with van der Waals surface area (Å²) in [5.74, 6) is 0. The van der Waals surface area contributed by atoms with Crippen molar-refractivity contribution < 1.29 is 4.43 Å². The normalized spacial score (nSPS) is 10.2. The van der Waals surface area contributed by atoms with Gasteiger partial charge in [-0.2, -0.15) is 0 Å². The molecular weight excluding hydrogens is 92.1 g/mol. The predicted octanol–water partition coefficient (Wildman–Crippen LogP) is 0.207. The van der Waals surface area contributed by atoms with Gasteiger partial charge in [-0.05, 0) is 6.42 Å². The predicted molar refractivity (Wildman–Crippen MR) is 30.5 cm³/mol. The summed E-state index contributed by atoms with van der Waals surface area (Å²) < 4.78 is 4.74. The molecule has 36 valence electrons. The maximum absolute atomic E-state index is 4.74. The third kappa shape index (κ3) is 3.76. The van der Waals surface area contributed by atoms with Crippen LogP contribution in [0.2, 0.25) is 0 Å². The second kappa shape index (κ2) is 4.76. The molecule has 0 radical (unpaired) electrons. The second-order valence-corrected chi connectivity index (χ2v) is 1.49. The molecule has 0 aromatic carbocycles. The lowest BCUT2D eigenvalue weighted by Gasteiger charge is -1.81. The molecule has 0 aromatic heterocycles. The molecule has 0 aliphatic heterocycles. The maximum Gasteiger partial charge on any atom is 0.203 e. The number of hydrogen-bond acceptors (Lipinski definition) is 1. The van der Waals surface area contributed by atoms with Crippen LogP contribution in [-0.4, -0.2) is 10.5 Å². The summed E-state index contributed by atoms with van der Waals surface area (Å²) in [7, 11) is 0.816. The summed E-state index contributed by atoms with van der Waals surface area (Å²) in [6.07, 6.45) is 4.81. The molecule has 0 heterocycles. The van der Waals surface area contributed by atoms with Crippen molar-refractivity contribution in [3.05, 3.63) is 12.3 Å². The van der Waals surface area contributed by atoms with Crippen LogP contribution in [0, 0.1) is 0 Å². The molecule has 6 heavy (non-hydrogen) atoms. The van der Waals surface area contributed by atoms with Crippen molar-refractivity contribution in [1.82, 2.24) is 0 Å². The number of rotatable bonds is 2. The first-order chi connectivity index (χ1) is 2.91. The summed E-state index contributed by atoms with van der Waals surface area (Å²) in [4.78, 5) is 0. The van der Waals surface area contributed by atoms with E-state index in [0.717, 1.165) is 16.9 Å². The molecule has 0 fully saturated rings. The van der Waals surface area contributed by atoms with Gasteiger partial charge in [0.25, 0.3) is 0 Å². The van der Waals surface area contributed by atoms with Crippen LogP contribution in [0.1, 0.15) is 13.3 Å². The Bertz CT molecular complexity index is 36.8. The monoisotopic (exact) mass is 102 g/mol. The van der Waals surface area contributed by atoms with Crippen LogP contribution < -0.4 is 0 Å². The molecule has 1 nitrogen and oxygen atoms in total. The molecule has 0 amide bonds. The van der Waals surface area contributed by atoms with Crippen molar-refractivity contribution in [2.45, 2.75) is 13.3 Å². The van der Waals surface area contributed by atoms with E-state index in [1.165, 1.54) is 0 Å². The van der Waals surface area contributed by atoms with E-state index in [1.54, 1.807) is 6.26 Å². The van der Waals surface area contributed by atoms with E-state index in [9.17, 15) is 0 Å². The Labute approximate surface area is 41.6 Å². The number of hydrogen-bond donors (Lipinski definition) is 0. The van der Waals surface area contributed by atoms with Gasteiger partial charge in [0.05, 0.1) is 6.26 Å². The summed E-state index contributed by atoms with van der Waals surface area (Å²) in [5.41, 5.74) is 0. The van der Waals surface area contributed by atoms with Crippen molar-refractivity contribution >= 4 is 10.5 Å². The molecule has 0 saturated heterocycles. The Hall–Kier alpha value is -0.243. The van der Waals surface area contributed by atoms with Crippen LogP contribution in [0.25, 0.3) is 0 Å². The highest BCUT2D eigenvalue weighted by molar-refractivity contribution is 5.98. The Kier molecular flexibility index (Phi) is 4.56. The fourth-order valence-electron chi connectivity index (χ4n) is 0.192. The summed E-state index contributed by atoms with van der Waals surface area (Å²) in [6, 6.07) is 0. The van der Waals surface area contributed by atoms with Gasteiger partial charge in [-0.15, -0.1) is 0 Å². The van der Waals surface area contributed by atoms with Crippen LogP contribution in [0.15, 0.2) is 12.3 Å². The van der Waals surface area contributed by atoms with Crippen LogP contribution in [0.4, 0.5) is 0 Å². The van der Waals surface area contributed by atoms with E-state index in [4.69, 9.17) is 4.43 Å². The Morgan fingerprint density at radius 1 is 1.83 bits per heavy atom. The van der Waals surface area contributed by atoms with Crippen LogP contribution in [0.3, 0.4) is 0 Å². The molecule has 0 bridgehead atoms. The molecule has 0 aliphatic rings. The van der Waals surface area contributed by atoms with E-state index in [2.05, 4.69) is 6.92 Å². The van der Waals surface area contributed by atoms with Crippen molar-refractivity contribution in [3.63, 3.8) is 0 Å². The van der Waals surface area contributed by atoms with Gasteiger partial charge in [0.15, 0.2) is 0 Å². The van der Waals surface area contributed by atoms with Gasteiger partial charge in [-0.3, -0.25) is 0 Å². The minimum atomic E-state index is 0.816. The first-order valence-corrected chi connectivity index (χ1v) is 2.91. The highest BCUT2D eigenvalue weighted by Gasteiger charge is 1.58.